The van der Waals surface area contributed by atoms with Gasteiger partial charge in [0.2, 0.25) is 5.91 Å². The Labute approximate surface area is 266 Å². The standard InChI is InChI=1S/C36H44N4O5/c1-5-18-39(19-6-2)36(45)30-21-26(7-3)20-29(24-30)35(44)37-32(22-28-14-16-31(41)17-15-28)33(42)25-40(8-4)38-34(43)23-27-12-10-9-11-13-27/h3,9-17,20-21,24,32-33,41-42H,5-6,8,18-19,22-23,25H2,1-2,4H3,(H,37,44)(H,38,43). The van der Waals surface area contributed by atoms with Crippen LogP contribution >= 0.6 is 0 Å². The number of phenols is 1. The molecule has 0 aliphatic heterocycles. The van der Waals surface area contributed by atoms with Gasteiger partial charge in [0, 0.05) is 42.9 Å². The van der Waals surface area contributed by atoms with Crippen molar-refractivity contribution in [1.29, 1.82) is 0 Å². The number of nitrogens with zero attached hydrogens (tertiary/aromatic N) is 2. The summed E-state index contributed by atoms with van der Waals surface area (Å²) < 4.78 is 0. The van der Waals surface area contributed by atoms with Crippen molar-refractivity contribution in [1.82, 2.24) is 20.7 Å². The number of hydrogen-bond donors (Lipinski definition) is 4. The number of terminal acetylenes is 1. The number of aliphatic hydroxyl groups excluding tert-OH is 1. The van der Waals surface area contributed by atoms with E-state index in [4.69, 9.17) is 6.42 Å². The van der Waals surface area contributed by atoms with Crippen LogP contribution in [0.3, 0.4) is 0 Å². The molecule has 2 atom stereocenters. The number of hydrazine groups is 1. The summed E-state index contributed by atoms with van der Waals surface area (Å²) in [6, 6.07) is 19.8. The molecule has 3 aromatic rings. The van der Waals surface area contributed by atoms with Crippen LogP contribution in [0, 0.1) is 12.3 Å². The SMILES string of the molecule is C#Cc1cc(C(=O)NC(Cc2ccc(O)cc2)C(O)CN(CC)NC(=O)Cc2ccccc2)cc(C(=O)N(CCC)CCC)c1. The van der Waals surface area contributed by atoms with E-state index in [1.54, 1.807) is 34.2 Å². The molecule has 238 valence electrons. The first kappa shape index (κ1) is 34.8. The van der Waals surface area contributed by atoms with Gasteiger partial charge in [0.15, 0.2) is 0 Å². The first-order valence-electron chi connectivity index (χ1n) is 15.4. The molecule has 3 rings (SSSR count). The summed E-state index contributed by atoms with van der Waals surface area (Å²) in [7, 11) is 0. The average molecular weight is 613 g/mol. The van der Waals surface area contributed by atoms with E-state index in [0.29, 0.717) is 30.8 Å². The number of aromatic hydroxyl groups is 1. The van der Waals surface area contributed by atoms with Crippen LogP contribution in [0.4, 0.5) is 0 Å². The van der Waals surface area contributed by atoms with Crippen molar-refractivity contribution in [2.75, 3.05) is 26.2 Å². The zero-order valence-corrected chi connectivity index (χ0v) is 26.3. The number of benzene rings is 3. The van der Waals surface area contributed by atoms with E-state index < -0.39 is 18.1 Å². The van der Waals surface area contributed by atoms with Gasteiger partial charge in [0.25, 0.3) is 11.8 Å². The van der Waals surface area contributed by atoms with Crippen molar-refractivity contribution < 1.29 is 24.6 Å². The fourth-order valence-electron chi connectivity index (χ4n) is 5.03. The smallest absolute Gasteiger partial charge is 0.253 e. The minimum Gasteiger partial charge on any atom is -0.508 e. The molecule has 3 amide bonds. The topological polar surface area (TPSA) is 122 Å². The zero-order valence-electron chi connectivity index (χ0n) is 26.3. The molecule has 45 heavy (non-hydrogen) atoms. The van der Waals surface area contributed by atoms with Crippen LogP contribution in [-0.4, -0.2) is 76.2 Å². The van der Waals surface area contributed by atoms with Crippen molar-refractivity contribution in [2.24, 2.45) is 0 Å². The summed E-state index contributed by atoms with van der Waals surface area (Å²) >= 11 is 0. The van der Waals surface area contributed by atoms with Gasteiger partial charge in [-0.1, -0.05) is 69.2 Å². The van der Waals surface area contributed by atoms with Gasteiger partial charge in [-0.3, -0.25) is 19.8 Å². The van der Waals surface area contributed by atoms with Gasteiger partial charge in [-0.05, 0) is 60.7 Å². The van der Waals surface area contributed by atoms with Gasteiger partial charge in [-0.2, -0.15) is 0 Å². The summed E-state index contributed by atoms with van der Waals surface area (Å²) in [6.07, 6.45) is 6.62. The van der Waals surface area contributed by atoms with Crippen LogP contribution in [0.1, 0.15) is 71.0 Å². The van der Waals surface area contributed by atoms with Crippen LogP contribution in [0.25, 0.3) is 0 Å². The maximum absolute atomic E-state index is 13.7. The molecule has 3 aromatic carbocycles. The van der Waals surface area contributed by atoms with Crippen molar-refractivity contribution in [3.8, 4) is 18.1 Å². The number of hydrogen-bond acceptors (Lipinski definition) is 6. The summed E-state index contributed by atoms with van der Waals surface area (Å²) in [5, 5.41) is 25.7. The Hall–Kier alpha value is -4.65. The lowest BCUT2D eigenvalue weighted by molar-refractivity contribution is -0.125. The highest BCUT2D eigenvalue weighted by Crippen LogP contribution is 2.17. The van der Waals surface area contributed by atoms with E-state index in [1.807, 2.05) is 51.1 Å². The molecular formula is C36H44N4O5. The number of rotatable bonds is 16. The molecule has 0 spiro atoms. The highest BCUT2D eigenvalue weighted by atomic mass is 16.3. The maximum Gasteiger partial charge on any atom is 0.253 e. The molecule has 0 heterocycles. The lowest BCUT2D eigenvalue weighted by Crippen LogP contribution is -2.53. The summed E-state index contributed by atoms with van der Waals surface area (Å²) in [4.78, 5) is 41.5. The Morgan fingerprint density at radius 3 is 2.13 bits per heavy atom. The van der Waals surface area contributed by atoms with Gasteiger partial charge in [0.05, 0.1) is 18.6 Å². The van der Waals surface area contributed by atoms with Gasteiger partial charge >= 0.3 is 0 Å². The molecule has 0 aliphatic carbocycles. The lowest BCUT2D eigenvalue weighted by Gasteiger charge is -2.30. The molecule has 0 aliphatic rings. The number of carbonyl (C=O) groups excluding carboxylic acids is 3. The predicted octanol–water partition coefficient (Wildman–Crippen LogP) is 3.93. The zero-order chi connectivity index (χ0) is 32.8. The summed E-state index contributed by atoms with van der Waals surface area (Å²) in [6.45, 7) is 7.49. The third-order valence-corrected chi connectivity index (χ3v) is 7.34. The van der Waals surface area contributed by atoms with Crippen molar-refractivity contribution in [3.05, 3.63) is 101 Å². The number of aliphatic hydroxyl groups is 1. The molecule has 2 unspecified atom stereocenters. The van der Waals surface area contributed by atoms with E-state index in [-0.39, 0.29) is 42.5 Å². The Morgan fingerprint density at radius 1 is 0.889 bits per heavy atom. The number of amides is 3. The molecule has 9 heteroatoms. The summed E-state index contributed by atoms with van der Waals surface area (Å²) in [5.41, 5.74) is 5.41. The van der Waals surface area contributed by atoms with Crippen LogP contribution in [0.2, 0.25) is 0 Å². The number of phenolic OH excluding ortho intramolecular Hbond substituents is 1. The average Bonchev–Trinajstić information content (AvgIpc) is 3.04. The molecule has 9 nitrogen and oxygen atoms in total. The second-order valence-corrected chi connectivity index (χ2v) is 11.0. The van der Waals surface area contributed by atoms with Gasteiger partial charge < -0.3 is 20.4 Å². The monoisotopic (exact) mass is 612 g/mol. The van der Waals surface area contributed by atoms with Crippen LogP contribution in [-0.2, 0) is 17.6 Å². The maximum atomic E-state index is 13.7. The Morgan fingerprint density at radius 2 is 1.53 bits per heavy atom. The fourth-order valence-corrected chi connectivity index (χ4v) is 5.03. The lowest BCUT2D eigenvalue weighted by atomic mass is 9.99. The first-order chi connectivity index (χ1) is 21.7. The first-order valence-corrected chi connectivity index (χ1v) is 15.4. The van der Waals surface area contributed by atoms with E-state index in [0.717, 1.165) is 24.0 Å². The van der Waals surface area contributed by atoms with Crippen molar-refractivity contribution >= 4 is 17.7 Å². The molecule has 4 N–H and O–H groups in total. The van der Waals surface area contributed by atoms with Crippen LogP contribution < -0.4 is 10.7 Å². The van der Waals surface area contributed by atoms with Gasteiger partial charge in [-0.15, -0.1) is 6.42 Å². The second kappa shape index (κ2) is 17.6. The van der Waals surface area contributed by atoms with E-state index in [2.05, 4.69) is 16.7 Å². The Kier molecular flexibility index (Phi) is 13.6. The Bertz CT molecular complexity index is 1450. The summed E-state index contributed by atoms with van der Waals surface area (Å²) in [5.74, 6) is 1.71. The molecule has 0 saturated carbocycles. The minimum absolute atomic E-state index is 0.0389. The molecular weight excluding hydrogens is 568 g/mol. The van der Waals surface area contributed by atoms with Crippen LogP contribution in [0.5, 0.6) is 5.75 Å². The predicted molar refractivity (Wildman–Crippen MR) is 175 cm³/mol. The number of carbonyl (C=O) groups is 3. The minimum atomic E-state index is -1.10. The van der Waals surface area contributed by atoms with Gasteiger partial charge in [-0.25, -0.2) is 5.01 Å². The molecule has 0 radical (unpaired) electrons. The fraction of sp³-hybridized carbons (Fsp3) is 0.361. The quantitative estimate of drug-likeness (QED) is 0.144. The highest BCUT2D eigenvalue weighted by molar-refractivity contribution is 6.00. The number of nitrogens with one attached hydrogen (secondary N) is 2. The Balaban J connectivity index is 1.83. The molecule has 0 bridgehead atoms. The third kappa shape index (κ3) is 10.8. The molecule has 0 fully saturated rings. The van der Waals surface area contributed by atoms with Crippen molar-refractivity contribution in [2.45, 2.75) is 58.6 Å². The van der Waals surface area contributed by atoms with E-state index in [1.165, 1.54) is 18.2 Å². The second-order valence-electron chi connectivity index (χ2n) is 11.0. The number of likely N-dealkylation sites (N-methyl/N-ethyl adjacent to an activating group) is 1. The van der Waals surface area contributed by atoms with Crippen LogP contribution in [0.15, 0.2) is 72.8 Å². The largest absolute Gasteiger partial charge is 0.508 e. The highest BCUT2D eigenvalue weighted by Gasteiger charge is 2.26. The molecule has 0 saturated heterocycles. The van der Waals surface area contributed by atoms with E-state index >= 15 is 0 Å². The van der Waals surface area contributed by atoms with Gasteiger partial charge in [0.1, 0.15) is 5.75 Å². The normalized spacial score (nSPS) is 12.2. The van der Waals surface area contributed by atoms with Crippen molar-refractivity contribution in [3.63, 3.8) is 0 Å². The molecule has 0 aromatic heterocycles. The van der Waals surface area contributed by atoms with E-state index in [9.17, 15) is 24.6 Å². The third-order valence-electron chi connectivity index (χ3n) is 7.34.